The third kappa shape index (κ3) is 3.58. The van der Waals surface area contributed by atoms with Gasteiger partial charge < -0.3 is 5.32 Å². The molecule has 1 saturated carbocycles. The largest absolute Gasteiger partial charge is 0.310 e. The SMILES string of the molecule is CCNC(CC1CCCCC1)c1cnn(CC)c1. The molecular formula is C15H27N3. The second kappa shape index (κ2) is 6.93. The number of aryl methyl sites for hydroxylation is 1. The molecule has 1 aromatic rings. The quantitative estimate of drug-likeness (QED) is 0.836. The van der Waals surface area contributed by atoms with Gasteiger partial charge in [0.2, 0.25) is 0 Å². The first-order chi connectivity index (χ1) is 8.83. The highest BCUT2D eigenvalue weighted by Crippen LogP contribution is 2.31. The molecule has 2 rings (SSSR count). The molecular weight excluding hydrogens is 222 g/mol. The maximum Gasteiger partial charge on any atom is 0.0537 e. The lowest BCUT2D eigenvalue weighted by Gasteiger charge is -2.26. The van der Waals surface area contributed by atoms with Crippen molar-refractivity contribution in [1.82, 2.24) is 15.1 Å². The lowest BCUT2D eigenvalue weighted by molar-refractivity contribution is 0.301. The Balaban J connectivity index is 1.97. The summed E-state index contributed by atoms with van der Waals surface area (Å²) in [6.45, 7) is 6.33. The van der Waals surface area contributed by atoms with Crippen LogP contribution in [-0.2, 0) is 6.54 Å². The molecule has 1 aliphatic carbocycles. The minimum absolute atomic E-state index is 0.499. The predicted octanol–water partition coefficient (Wildman–Crippen LogP) is 3.52. The molecule has 0 aliphatic heterocycles. The zero-order valence-electron chi connectivity index (χ0n) is 11.9. The zero-order chi connectivity index (χ0) is 12.8. The molecule has 0 aromatic carbocycles. The predicted molar refractivity (Wildman–Crippen MR) is 75.5 cm³/mol. The van der Waals surface area contributed by atoms with Gasteiger partial charge in [0.25, 0.3) is 0 Å². The van der Waals surface area contributed by atoms with Crippen LogP contribution in [0.15, 0.2) is 12.4 Å². The lowest BCUT2D eigenvalue weighted by Crippen LogP contribution is -2.24. The average molecular weight is 249 g/mol. The topological polar surface area (TPSA) is 29.9 Å². The molecule has 1 unspecified atom stereocenters. The number of aromatic nitrogens is 2. The summed E-state index contributed by atoms with van der Waals surface area (Å²) < 4.78 is 2.03. The fourth-order valence-corrected chi connectivity index (χ4v) is 3.07. The van der Waals surface area contributed by atoms with Gasteiger partial charge in [-0.15, -0.1) is 0 Å². The molecule has 1 aromatic heterocycles. The van der Waals surface area contributed by atoms with Crippen molar-refractivity contribution in [3.63, 3.8) is 0 Å². The number of hydrogen-bond donors (Lipinski definition) is 1. The van der Waals surface area contributed by atoms with Gasteiger partial charge in [0, 0.05) is 24.3 Å². The smallest absolute Gasteiger partial charge is 0.0537 e. The van der Waals surface area contributed by atoms with Crippen LogP contribution in [0.4, 0.5) is 0 Å². The van der Waals surface area contributed by atoms with E-state index in [2.05, 4.69) is 30.5 Å². The Labute approximate surface area is 111 Å². The normalized spacial score (nSPS) is 19.0. The molecule has 3 heteroatoms. The molecule has 1 atom stereocenters. The van der Waals surface area contributed by atoms with Crippen LogP contribution >= 0.6 is 0 Å². The Morgan fingerprint density at radius 2 is 2.11 bits per heavy atom. The van der Waals surface area contributed by atoms with E-state index in [0.717, 1.165) is 19.0 Å². The first kappa shape index (κ1) is 13.6. The highest BCUT2D eigenvalue weighted by Gasteiger charge is 2.20. The van der Waals surface area contributed by atoms with Gasteiger partial charge in [-0.25, -0.2) is 0 Å². The van der Waals surface area contributed by atoms with Gasteiger partial charge in [-0.05, 0) is 25.8 Å². The minimum atomic E-state index is 0.499. The molecule has 1 N–H and O–H groups in total. The first-order valence-corrected chi connectivity index (χ1v) is 7.59. The summed E-state index contributed by atoms with van der Waals surface area (Å²) in [4.78, 5) is 0. The maximum absolute atomic E-state index is 4.41. The molecule has 1 fully saturated rings. The summed E-state index contributed by atoms with van der Waals surface area (Å²) in [5, 5.41) is 8.04. The molecule has 3 nitrogen and oxygen atoms in total. The van der Waals surface area contributed by atoms with E-state index in [4.69, 9.17) is 0 Å². The summed E-state index contributed by atoms with van der Waals surface area (Å²) in [5.41, 5.74) is 1.37. The third-order valence-corrected chi connectivity index (χ3v) is 4.12. The summed E-state index contributed by atoms with van der Waals surface area (Å²) in [6.07, 6.45) is 12.7. The van der Waals surface area contributed by atoms with Gasteiger partial charge in [0.1, 0.15) is 0 Å². The molecule has 102 valence electrons. The van der Waals surface area contributed by atoms with E-state index in [1.54, 1.807) is 0 Å². The number of rotatable bonds is 6. The monoisotopic (exact) mass is 249 g/mol. The van der Waals surface area contributed by atoms with Gasteiger partial charge in [-0.3, -0.25) is 4.68 Å². The summed E-state index contributed by atoms with van der Waals surface area (Å²) in [5.74, 6) is 0.910. The molecule has 0 saturated heterocycles. The van der Waals surface area contributed by atoms with Crippen molar-refractivity contribution in [2.75, 3.05) is 6.54 Å². The fraction of sp³-hybridized carbons (Fsp3) is 0.800. The van der Waals surface area contributed by atoms with E-state index in [-0.39, 0.29) is 0 Å². The average Bonchev–Trinajstić information content (AvgIpc) is 2.88. The Bertz CT molecular complexity index is 339. The van der Waals surface area contributed by atoms with Crippen molar-refractivity contribution < 1.29 is 0 Å². The summed E-state index contributed by atoms with van der Waals surface area (Å²) in [7, 11) is 0. The van der Waals surface area contributed by atoms with Crippen LogP contribution in [-0.4, -0.2) is 16.3 Å². The standard InChI is InChI=1S/C15H27N3/c1-3-16-15(10-13-8-6-5-7-9-13)14-11-17-18(4-2)12-14/h11-13,15-16H,3-10H2,1-2H3. The zero-order valence-corrected chi connectivity index (χ0v) is 11.9. The van der Waals surface area contributed by atoms with E-state index in [1.807, 2.05) is 10.9 Å². The highest BCUT2D eigenvalue weighted by atomic mass is 15.3. The van der Waals surface area contributed by atoms with Crippen molar-refractivity contribution in [2.24, 2.45) is 5.92 Å². The van der Waals surface area contributed by atoms with Gasteiger partial charge in [0.15, 0.2) is 0 Å². The number of nitrogens with zero attached hydrogens (tertiary/aromatic N) is 2. The van der Waals surface area contributed by atoms with E-state index in [1.165, 1.54) is 44.1 Å². The van der Waals surface area contributed by atoms with Crippen LogP contribution in [0, 0.1) is 5.92 Å². The Morgan fingerprint density at radius 1 is 1.33 bits per heavy atom. The van der Waals surface area contributed by atoms with Crippen molar-refractivity contribution in [3.05, 3.63) is 18.0 Å². The summed E-state index contributed by atoms with van der Waals surface area (Å²) >= 11 is 0. The van der Waals surface area contributed by atoms with Gasteiger partial charge >= 0.3 is 0 Å². The van der Waals surface area contributed by atoms with Crippen LogP contribution in [0.2, 0.25) is 0 Å². The molecule has 1 heterocycles. The van der Waals surface area contributed by atoms with Crippen LogP contribution < -0.4 is 5.32 Å². The first-order valence-electron chi connectivity index (χ1n) is 7.59. The van der Waals surface area contributed by atoms with Crippen LogP contribution in [0.25, 0.3) is 0 Å². The highest BCUT2D eigenvalue weighted by molar-refractivity contribution is 5.10. The number of nitrogens with one attached hydrogen (secondary N) is 1. The number of hydrogen-bond acceptors (Lipinski definition) is 2. The molecule has 0 amide bonds. The van der Waals surface area contributed by atoms with Gasteiger partial charge in [-0.1, -0.05) is 39.0 Å². The van der Waals surface area contributed by atoms with Crippen LogP contribution in [0.5, 0.6) is 0 Å². The van der Waals surface area contributed by atoms with Gasteiger partial charge in [-0.2, -0.15) is 5.10 Å². The van der Waals surface area contributed by atoms with Gasteiger partial charge in [0.05, 0.1) is 6.20 Å². The second-order valence-electron chi connectivity index (χ2n) is 5.48. The molecule has 0 spiro atoms. The molecule has 18 heavy (non-hydrogen) atoms. The van der Waals surface area contributed by atoms with Crippen molar-refractivity contribution in [2.45, 2.75) is 65.0 Å². The molecule has 0 bridgehead atoms. The van der Waals surface area contributed by atoms with Crippen LogP contribution in [0.1, 0.15) is 64.0 Å². The summed E-state index contributed by atoms with van der Waals surface area (Å²) in [6, 6.07) is 0.499. The Morgan fingerprint density at radius 3 is 2.72 bits per heavy atom. The van der Waals surface area contributed by atoms with E-state index in [9.17, 15) is 0 Å². The Kier molecular flexibility index (Phi) is 5.24. The van der Waals surface area contributed by atoms with E-state index < -0.39 is 0 Å². The second-order valence-corrected chi connectivity index (χ2v) is 5.48. The maximum atomic E-state index is 4.41. The van der Waals surface area contributed by atoms with E-state index >= 15 is 0 Å². The molecule has 0 radical (unpaired) electrons. The lowest BCUT2D eigenvalue weighted by atomic mass is 9.84. The van der Waals surface area contributed by atoms with Crippen LogP contribution in [0.3, 0.4) is 0 Å². The minimum Gasteiger partial charge on any atom is -0.310 e. The van der Waals surface area contributed by atoms with Crippen molar-refractivity contribution in [3.8, 4) is 0 Å². The van der Waals surface area contributed by atoms with Crippen molar-refractivity contribution >= 4 is 0 Å². The fourth-order valence-electron chi connectivity index (χ4n) is 3.07. The Hall–Kier alpha value is -0.830. The third-order valence-electron chi connectivity index (χ3n) is 4.12. The van der Waals surface area contributed by atoms with E-state index in [0.29, 0.717) is 6.04 Å². The molecule has 1 aliphatic rings. The van der Waals surface area contributed by atoms with Crippen molar-refractivity contribution in [1.29, 1.82) is 0 Å².